The van der Waals surface area contributed by atoms with Crippen LogP contribution in [-0.4, -0.2) is 36.6 Å². The average Bonchev–Trinajstić information content (AvgIpc) is 2.40. The van der Waals surface area contributed by atoms with Gasteiger partial charge in [-0.25, -0.2) is 4.79 Å². The zero-order valence-corrected chi connectivity index (χ0v) is 11.2. The molecule has 4 nitrogen and oxygen atoms in total. The smallest absolute Gasteiger partial charge is 0.333 e. The largest absolute Gasteiger partial charge is 0.466 e. The standard InChI is InChI=1S/C14H20N2O2/c1-4-12(14(17)18-3)8-10-16(2)11-13-7-5-6-9-15-13/h5-9H,4,10-11H2,1-3H3. The van der Waals surface area contributed by atoms with Crippen LogP contribution in [0, 0.1) is 0 Å². The van der Waals surface area contributed by atoms with Gasteiger partial charge in [0.25, 0.3) is 0 Å². The van der Waals surface area contributed by atoms with Crippen LogP contribution in [-0.2, 0) is 16.1 Å². The highest BCUT2D eigenvalue weighted by Crippen LogP contribution is 2.04. The first-order valence-electron chi connectivity index (χ1n) is 6.03. The summed E-state index contributed by atoms with van der Waals surface area (Å²) in [5.41, 5.74) is 1.73. The van der Waals surface area contributed by atoms with Crippen molar-refractivity contribution in [3.8, 4) is 0 Å². The molecular formula is C14H20N2O2. The molecule has 0 radical (unpaired) electrons. The minimum absolute atomic E-state index is 0.247. The second kappa shape index (κ2) is 7.61. The molecular weight excluding hydrogens is 228 g/mol. The van der Waals surface area contributed by atoms with Crippen molar-refractivity contribution < 1.29 is 9.53 Å². The number of esters is 1. The summed E-state index contributed by atoms with van der Waals surface area (Å²) < 4.78 is 4.72. The Hall–Kier alpha value is -1.68. The van der Waals surface area contributed by atoms with Gasteiger partial charge >= 0.3 is 5.97 Å². The van der Waals surface area contributed by atoms with Crippen LogP contribution in [0.25, 0.3) is 0 Å². The van der Waals surface area contributed by atoms with E-state index < -0.39 is 0 Å². The fourth-order valence-electron chi connectivity index (χ4n) is 1.60. The molecule has 1 aromatic rings. The van der Waals surface area contributed by atoms with Crippen LogP contribution in [0.5, 0.6) is 0 Å². The number of ether oxygens (including phenoxy) is 1. The number of nitrogens with zero attached hydrogens (tertiary/aromatic N) is 2. The van der Waals surface area contributed by atoms with E-state index in [9.17, 15) is 4.79 Å². The third kappa shape index (κ3) is 4.67. The van der Waals surface area contributed by atoms with E-state index in [1.54, 1.807) is 6.20 Å². The maximum atomic E-state index is 11.4. The average molecular weight is 248 g/mol. The summed E-state index contributed by atoms with van der Waals surface area (Å²) >= 11 is 0. The summed E-state index contributed by atoms with van der Waals surface area (Å²) in [6, 6.07) is 5.86. The zero-order valence-electron chi connectivity index (χ0n) is 11.2. The first-order valence-corrected chi connectivity index (χ1v) is 6.03. The maximum absolute atomic E-state index is 11.4. The lowest BCUT2D eigenvalue weighted by molar-refractivity contribution is -0.136. The number of pyridine rings is 1. The van der Waals surface area contributed by atoms with Gasteiger partial charge in [0, 0.05) is 24.9 Å². The van der Waals surface area contributed by atoms with Crippen molar-refractivity contribution in [1.82, 2.24) is 9.88 Å². The van der Waals surface area contributed by atoms with Gasteiger partial charge in [-0.2, -0.15) is 0 Å². The lowest BCUT2D eigenvalue weighted by Crippen LogP contribution is -2.19. The van der Waals surface area contributed by atoms with Crippen LogP contribution in [0.3, 0.4) is 0 Å². The molecule has 0 N–H and O–H groups in total. The van der Waals surface area contributed by atoms with Gasteiger partial charge in [0.15, 0.2) is 0 Å². The van der Waals surface area contributed by atoms with Crippen molar-refractivity contribution in [2.45, 2.75) is 19.9 Å². The first kappa shape index (κ1) is 14.4. The predicted molar refractivity (Wildman–Crippen MR) is 71.0 cm³/mol. The number of rotatable bonds is 6. The second-order valence-electron chi connectivity index (χ2n) is 4.09. The van der Waals surface area contributed by atoms with Gasteiger partial charge in [-0.3, -0.25) is 9.88 Å². The van der Waals surface area contributed by atoms with E-state index in [0.717, 1.165) is 12.2 Å². The van der Waals surface area contributed by atoms with Gasteiger partial charge in [-0.05, 0) is 25.6 Å². The normalized spacial score (nSPS) is 11.7. The first-order chi connectivity index (χ1) is 8.67. The number of hydrogen-bond donors (Lipinski definition) is 0. The van der Waals surface area contributed by atoms with E-state index in [4.69, 9.17) is 4.74 Å². The van der Waals surface area contributed by atoms with Crippen molar-refractivity contribution in [2.75, 3.05) is 20.7 Å². The van der Waals surface area contributed by atoms with Gasteiger partial charge in [-0.15, -0.1) is 0 Å². The van der Waals surface area contributed by atoms with Crippen LogP contribution in [0.15, 0.2) is 36.0 Å². The van der Waals surface area contributed by atoms with Crippen molar-refractivity contribution in [3.63, 3.8) is 0 Å². The fourth-order valence-corrected chi connectivity index (χ4v) is 1.60. The molecule has 0 atom stereocenters. The summed E-state index contributed by atoms with van der Waals surface area (Å²) in [6.45, 7) is 3.41. The fraction of sp³-hybridized carbons (Fsp3) is 0.429. The Balaban J connectivity index is 2.52. The van der Waals surface area contributed by atoms with E-state index in [2.05, 4.69) is 9.88 Å². The molecule has 98 valence electrons. The monoisotopic (exact) mass is 248 g/mol. The molecule has 0 aliphatic rings. The summed E-state index contributed by atoms with van der Waals surface area (Å²) in [5, 5.41) is 0. The lowest BCUT2D eigenvalue weighted by atomic mass is 10.2. The van der Waals surface area contributed by atoms with Gasteiger partial charge in [0.05, 0.1) is 12.8 Å². The Kier molecular flexibility index (Phi) is 6.08. The summed E-state index contributed by atoms with van der Waals surface area (Å²) in [6.07, 6.45) is 4.38. The Morgan fingerprint density at radius 2 is 2.28 bits per heavy atom. The topological polar surface area (TPSA) is 42.4 Å². The van der Waals surface area contributed by atoms with Crippen LogP contribution < -0.4 is 0 Å². The van der Waals surface area contributed by atoms with E-state index in [1.165, 1.54) is 7.11 Å². The molecule has 0 aromatic carbocycles. The van der Waals surface area contributed by atoms with Crippen molar-refractivity contribution in [3.05, 3.63) is 41.7 Å². The third-order valence-electron chi connectivity index (χ3n) is 2.64. The van der Waals surface area contributed by atoms with E-state index in [-0.39, 0.29) is 5.97 Å². The van der Waals surface area contributed by atoms with E-state index in [1.807, 2.05) is 38.2 Å². The number of methoxy groups -OCH3 is 1. The lowest BCUT2D eigenvalue weighted by Gasteiger charge is -2.14. The van der Waals surface area contributed by atoms with Gasteiger partial charge in [0.2, 0.25) is 0 Å². The summed E-state index contributed by atoms with van der Waals surface area (Å²) in [4.78, 5) is 17.8. The molecule has 0 bridgehead atoms. The molecule has 4 heteroatoms. The molecule has 0 aliphatic carbocycles. The van der Waals surface area contributed by atoms with E-state index in [0.29, 0.717) is 18.5 Å². The molecule has 0 amide bonds. The molecule has 0 saturated heterocycles. The minimum Gasteiger partial charge on any atom is -0.466 e. The van der Waals surface area contributed by atoms with Crippen LogP contribution in [0.2, 0.25) is 0 Å². The number of likely N-dealkylation sites (N-methyl/N-ethyl adjacent to an activating group) is 1. The number of aromatic nitrogens is 1. The highest BCUT2D eigenvalue weighted by atomic mass is 16.5. The predicted octanol–water partition coefficient (Wildman–Crippen LogP) is 2.02. The van der Waals surface area contributed by atoms with Crippen molar-refractivity contribution in [2.24, 2.45) is 0 Å². The van der Waals surface area contributed by atoms with Crippen LogP contribution in [0.1, 0.15) is 19.0 Å². The SMILES string of the molecule is CCC(=CCN(C)Cc1ccccn1)C(=O)OC. The molecule has 0 saturated carbocycles. The Morgan fingerprint density at radius 1 is 1.50 bits per heavy atom. The highest BCUT2D eigenvalue weighted by molar-refractivity contribution is 5.88. The van der Waals surface area contributed by atoms with Gasteiger partial charge < -0.3 is 4.74 Å². The quantitative estimate of drug-likeness (QED) is 0.570. The molecule has 1 aromatic heterocycles. The molecule has 1 rings (SSSR count). The highest BCUT2D eigenvalue weighted by Gasteiger charge is 2.07. The van der Waals surface area contributed by atoms with Crippen LogP contribution >= 0.6 is 0 Å². The van der Waals surface area contributed by atoms with Crippen LogP contribution in [0.4, 0.5) is 0 Å². The molecule has 0 spiro atoms. The number of carbonyl (C=O) groups excluding carboxylic acids is 1. The zero-order chi connectivity index (χ0) is 13.4. The minimum atomic E-state index is -0.247. The van der Waals surface area contributed by atoms with Gasteiger partial charge in [-0.1, -0.05) is 19.1 Å². The Morgan fingerprint density at radius 3 is 2.83 bits per heavy atom. The summed E-state index contributed by atoms with van der Waals surface area (Å²) in [7, 11) is 3.40. The molecule has 18 heavy (non-hydrogen) atoms. The van der Waals surface area contributed by atoms with Gasteiger partial charge in [0.1, 0.15) is 0 Å². The molecule has 0 fully saturated rings. The summed E-state index contributed by atoms with van der Waals surface area (Å²) in [5.74, 6) is -0.247. The molecule has 0 aliphatic heterocycles. The van der Waals surface area contributed by atoms with Crippen molar-refractivity contribution >= 4 is 5.97 Å². The Bertz CT molecular complexity index is 402. The van der Waals surface area contributed by atoms with E-state index >= 15 is 0 Å². The molecule has 0 unspecified atom stereocenters. The van der Waals surface area contributed by atoms with Crippen molar-refractivity contribution in [1.29, 1.82) is 0 Å². The third-order valence-corrected chi connectivity index (χ3v) is 2.64. The Labute approximate surface area is 108 Å². The number of carbonyl (C=O) groups is 1. The second-order valence-corrected chi connectivity index (χ2v) is 4.09. The molecule has 1 heterocycles. The maximum Gasteiger partial charge on any atom is 0.333 e. The number of hydrogen-bond acceptors (Lipinski definition) is 4.